The molecule has 164 valence electrons. The first kappa shape index (κ1) is 20.4. The molecule has 0 saturated carbocycles. The second-order valence-corrected chi connectivity index (χ2v) is 8.34. The van der Waals surface area contributed by atoms with Gasteiger partial charge >= 0.3 is 11.9 Å². The zero-order valence-electron chi connectivity index (χ0n) is 18.1. The van der Waals surface area contributed by atoms with Crippen molar-refractivity contribution >= 4 is 22.8 Å². The summed E-state index contributed by atoms with van der Waals surface area (Å²) in [6.45, 7) is 4.00. The van der Waals surface area contributed by atoms with Crippen LogP contribution in [0, 0.1) is 0 Å². The maximum atomic E-state index is 13.4. The van der Waals surface area contributed by atoms with E-state index in [1.165, 1.54) is 0 Å². The lowest BCUT2D eigenvalue weighted by Gasteiger charge is -2.35. The van der Waals surface area contributed by atoms with Crippen molar-refractivity contribution in [2.75, 3.05) is 0 Å². The van der Waals surface area contributed by atoms with Crippen molar-refractivity contribution in [3.8, 4) is 11.4 Å². The Bertz CT molecular complexity index is 1330. The van der Waals surface area contributed by atoms with Crippen molar-refractivity contribution in [3.63, 3.8) is 0 Å². The molecule has 0 fully saturated rings. The molecule has 0 radical (unpaired) electrons. The average Bonchev–Trinajstić information content (AvgIpc) is 3.16. The molecule has 2 aromatic heterocycles. The van der Waals surface area contributed by atoms with Crippen LogP contribution in [0.15, 0.2) is 41.2 Å². The molecule has 0 aliphatic carbocycles. The molecule has 1 aromatic carbocycles. The van der Waals surface area contributed by atoms with Crippen LogP contribution in [-0.2, 0) is 37.8 Å². The molecule has 7 nitrogen and oxygen atoms in total. The fraction of sp³-hybridized carbons (Fsp3) is 0.360. The van der Waals surface area contributed by atoms with E-state index in [4.69, 9.17) is 14.5 Å². The number of hydrogen-bond acceptors (Lipinski definition) is 6. The molecule has 0 N–H and O–H groups in total. The topological polar surface area (TPSA) is 87.5 Å². The van der Waals surface area contributed by atoms with Crippen LogP contribution < -0.4 is 5.56 Å². The van der Waals surface area contributed by atoms with E-state index < -0.39 is 17.5 Å². The molecule has 0 bridgehead atoms. The molecule has 2 aliphatic rings. The number of pyridine rings is 2. The minimum Gasteiger partial charge on any atom is -0.457 e. The molecule has 0 saturated heterocycles. The van der Waals surface area contributed by atoms with Crippen molar-refractivity contribution in [2.24, 2.45) is 0 Å². The summed E-state index contributed by atoms with van der Waals surface area (Å²) in [6.07, 6.45) is 1.89. The second-order valence-electron chi connectivity index (χ2n) is 8.34. The Labute approximate surface area is 185 Å². The van der Waals surface area contributed by atoms with E-state index in [1.807, 2.05) is 37.3 Å². The number of aromatic nitrogens is 2. The Hall–Kier alpha value is -3.48. The van der Waals surface area contributed by atoms with Gasteiger partial charge in [-0.05, 0) is 31.0 Å². The molecule has 3 aromatic rings. The number of para-hydroxylation sites is 1. The fourth-order valence-corrected chi connectivity index (χ4v) is 4.65. The summed E-state index contributed by atoms with van der Waals surface area (Å²) >= 11 is 0. The molecule has 7 heteroatoms. The second kappa shape index (κ2) is 7.58. The van der Waals surface area contributed by atoms with Crippen LogP contribution >= 0.6 is 0 Å². The minimum absolute atomic E-state index is 0.132. The van der Waals surface area contributed by atoms with Gasteiger partial charge in [-0.1, -0.05) is 38.5 Å². The number of unbranched alkanes of at least 4 members (excludes halogenated alkanes) is 1. The lowest BCUT2D eigenvalue weighted by atomic mass is 9.85. The first-order valence-corrected chi connectivity index (χ1v) is 11.0. The standard InChI is InChI=1S/C25H24N2O5/c1-3-5-10-21(28)32-25(4-2)18-12-20-22-16(11-15-8-6-7-9-19(15)26-22)13-27(20)23(29)17(18)14-31-24(25)30/h6-9,11-12H,3-5,10,13-14H2,1-2H3/t25-/m0/s1. The van der Waals surface area contributed by atoms with Crippen molar-refractivity contribution in [1.29, 1.82) is 0 Å². The van der Waals surface area contributed by atoms with Gasteiger partial charge in [-0.3, -0.25) is 9.59 Å². The Morgan fingerprint density at radius 2 is 2.03 bits per heavy atom. The van der Waals surface area contributed by atoms with Crippen LogP contribution in [0.2, 0.25) is 0 Å². The summed E-state index contributed by atoms with van der Waals surface area (Å²) in [4.78, 5) is 43.7. The normalized spacial score (nSPS) is 18.6. The van der Waals surface area contributed by atoms with E-state index in [9.17, 15) is 14.4 Å². The third-order valence-electron chi connectivity index (χ3n) is 6.41. The highest BCUT2D eigenvalue weighted by Gasteiger charge is 2.50. The van der Waals surface area contributed by atoms with E-state index in [2.05, 4.69) is 0 Å². The largest absolute Gasteiger partial charge is 0.457 e. The molecule has 5 rings (SSSR count). The van der Waals surface area contributed by atoms with E-state index in [0.717, 1.165) is 22.9 Å². The highest BCUT2D eigenvalue weighted by molar-refractivity contribution is 5.88. The van der Waals surface area contributed by atoms with Crippen LogP contribution in [0.3, 0.4) is 0 Å². The van der Waals surface area contributed by atoms with Gasteiger partial charge in [-0.2, -0.15) is 0 Å². The molecule has 0 amide bonds. The van der Waals surface area contributed by atoms with Crippen LogP contribution in [0.1, 0.15) is 56.2 Å². The Morgan fingerprint density at radius 3 is 2.81 bits per heavy atom. The number of hydrogen-bond donors (Lipinski definition) is 0. The SMILES string of the molecule is CCCCC(=O)O[C@]1(CC)C(=O)OCc2c1cc1n(c2=O)Cc2cc3ccccc3nc2-1. The van der Waals surface area contributed by atoms with Gasteiger partial charge in [-0.15, -0.1) is 0 Å². The zero-order chi connectivity index (χ0) is 22.5. The Morgan fingerprint density at radius 1 is 1.22 bits per heavy atom. The van der Waals surface area contributed by atoms with Gasteiger partial charge in [0, 0.05) is 22.9 Å². The van der Waals surface area contributed by atoms with Crippen molar-refractivity contribution in [3.05, 3.63) is 63.4 Å². The van der Waals surface area contributed by atoms with Gasteiger partial charge in [0.25, 0.3) is 5.56 Å². The van der Waals surface area contributed by atoms with E-state index in [0.29, 0.717) is 35.5 Å². The number of nitrogens with zero attached hydrogens (tertiary/aromatic N) is 2. The first-order valence-electron chi connectivity index (χ1n) is 11.0. The quantitative estimate of drug-likeness (QED) is 0.446. The van der Waals surface area contributed by atoms with E-state index in [-0.39, 0.29) is 25.0 Å². The molecule has 4 heterocycles. The molecule has 1 atom stereocenters. The number of ether oxygens (including phenoxy) is 2. The molecular weight excluding hydrogens is 408 g/mol. The number of carbonyl (C=O) groups excluding carboxylic acids is 2. The van der Waals surface area contributed by atoms with Crippen LogP contribution in [0.4, 0.5) is 0 Å². The number of benzene rings is 1. The van der Waals surface area contributed by atoms with E-state index in [1.54, 1.807) is 17.6 Å². The molecular formula is C25H24N2O5. The van der Waals surface area contributed by atoms with Gasteiger partial charge in [0.15, 0.2) is 0 Å². The number of fused-ring (bicyclic) bond motifs is 5. The highest BCUT2D eigenvalue weighted by atomic mass is 16.6. The highest BCUT2D eigenvalue weighted by Crippen LogP contribution is 2.41. The van der Waals surface area contributed by atoms with Crippen LogP contribution in [0.25, 0.3) is 22.3 Å². The number of cyclic esters (lactones) is 1. The van der Waals surface area contributed by atoms with Crippen molar-refractivity contribution in [2.45, 2.75) is 58.3 Å². The first-order chi connectivity index (χ1) is 15.5. The predicted octanol–water partition coefficient (Wildman–Crippen LogP) is 3.82. The van der Waals surface area contributed by atoms with Crippen LogP contribution in [-0.4, -0.2) is 21.5 Å². The summed E-state index contributed by atoms with van der Waals surface area (Å²) < 4.78 is 12.8. The van der Waals surface area contributed by atoms with Crippen molar-refractivity contribution < 1.29 is 19.1 Å². The van der Waals surface area contributed by atoms with Gasteiger partial charge in [0.05, 0.1) is 29.0 Å². The van der Waals surface area contributed by atoms with Crippen LogP contribution in [0.5, 0.6) is 0 Å². The average molecular weight is 432 g/mol. The van der Waals surface area contributed by atoms with Gasteiger partial charge in [0.1, 0.15) is 6.61 Å². The van der Waals surface area contributed by atoms with Gasteiger partial charge < -0.3 is 14.0 Å². The summed E-state index contributed by atoms with van der Waals surface area (Å²) in [5.41, 5.74) is 2.03. The zero-order valence-corrected chi connectivity index (χ0v) is 18.1. The maximum absolute atomic E-state index is 13.4. The smallest absolute Gasteiger partial charge is 0.355 e. The fourth-order valence-electron chi connectivity index (χ4n) is 4.65. The molecule has 32 heavy (non-hydrogen) atoms. The molecule has 2 aliphatic heterocycles. The van der Waals surface area contributed by atoms with Crippen molar-refractivity contribution in [1.82, 2.24) is 9.55 Å². The maximum Gasteiger partial charge on any atom is 0.355 e. The summed E-state index contributed by atoms with van der Waals surface area (Å²) in [5.74, 6) is -1.10. The summed E-state index contributed by atoms with van der Waals surface area (Å²) in [5, 5.41) is 1.00. The Balaban J connectivity index is 1.69. The molecule has 0 spiro atoms. The summed E-state index contributed by atoms with van der Waals surface area (Å²) in [7, 11) is 0. The van der Waals surface area contributed by atoms with Gasteiger partial charge in [0.2, 0.25) is 5.60 Å². The lowest BCUT2D eigenvalue weighted by Crippen LogP contribution is -2.47. The Kier molecular flexibility index (Phi) is 4.84. The summed E-state index contributed by atoms with van der Waals surface area (Å²) in [6, 6.07) is 11.6. The third kappa shape index (κ3) is 2.95. The lowest BCUT2D eigenvalue weighted by molar-refractivity contribution is -0.189. The third-order valence-corrected chi connectivity index (χ3v) is 6.41. The van der Waals surface area contributed by atoms with Gasteiger partial charge in [-0.25, -0.2) is 9.78 Å². The molecule has 0 unspecified atom stereocenters. The monoisotopic (exact) mass is 432 g/mol. The number of esters is 2. The minimum atomic E-state index is -1.62. The van der Waals surface area contributed by atoms with E-state index >= 15 is 0 Å². The number of carbonyl (C=O) groups is 2. The predicted molar refractivity (Wildman–Crippen MR) is 118 cm³/mol. The number of rotatable bonds is 5.